The van der Waals surface area contributed by atoms with Crippen LogP contribution in [0.15, 0.2) is 12.7 Å². The Balaban J connectivity index is 3.39. The average molecular weight is 223 g/mol. The van der Waals surface area contributed by atoms with E-state index in [1.807, 2.05) is 13.8 Å². The predicted molar refractivity (Wildman–Crippen MR) is 49.7 cm³/mol. The summed E-state index contributed by atoms with van der Waals surface area (Å²) in [7, 11) is 0. The summed E-state index contributed by atoms with van der Waals surface area (Å²) in [4.78, 5) is 0. The van der Waals surface area contributed by atoms with Gasteiger partial charge in [0.2, 0.25) is 0 Å². The van der Waals surface area contributed by atoms with Crippen LogP contribution in [-0.2, 0) is 9.47 Å². The van der Waals surface area contributed by atoms with E-state index in [4.69, 9.17) is 9.47 Å². The second-order valence-electron chi connectivity index (χ2n) is 2.09. The molecule has 0 N–H and O–H groups in total. The highest BCUT2D eigenvalue weighted by Crippen LogP contribution is 2.10. The van der Waals surface area contributed by atoms with Gasteiger partial charge in [0.1, 0.15) is 5.01 Å². The number of ether oxygens (including phenoxy) is 2. The van der Waals surface area contributed by atoms with Crippen molar-refractivity contribution in [2.45, 2.75) is 31.6 Å². The Labute approximate surface area is 76.7 Å². The average Bonchev–Trinajstić information content (AvgIpc) is 1.87. The minimum Gasteiger partial charge on any atom is -0.353 e. The van der Waals surface area contributed by atoms with E-state index in [0.29, 0.717) is 6.61 Å². The molecule has 0 aromatic carbocycles. The lowest BCUT2D eigenvalue weighted by Gasteiger charge is -2.16. The molecular formula is C8H15BrO2. The first kappa shape index (κ1) is 11.1. The third-order valence-corrected chi connectivity index (χ3v) is 1.68. The minimum absolute atomic E-state index is 0.0153. The second-order valence-corrected chi connectivity index (χ2v) is 3.11. The standard InChI is InChI=1S/C8H15BrO2/c1-4-6-8(9)11-7(3)10-5-2/h4,7-8H,1,5-6H2,2-3H3. The van der Waals surface area contributed by atoms with Crippen molar-refractivity contribution in [2.75, 3.05) is 6.61 Å². The molecule has 0 amide bonds. The van der Waals surface area contributed by atoms with E-state index in [1.54, 1.807) is 6.08 Å². The SMILES string of the molecule is C=CCC(Br)OC(C)OCC. The fourth-order valence-corrected chi connectivity index (χ4v) is 1.24. The normalized spacial score (nSPS) is 15.9. The molecular weight excluding hydrogens is 208 g/mol. The van der Waals surface area contributed by atoms with Gasteiger partial charge in [0.15, 0.2) is 6.29 Å². The van der Waals surface area contributed by atoms with Crippen LogP contribution in [0, 0.1) is 0 Å². The molecule has 0 bridgehead atoms. The number of alkyl halides is 1. The van der Waals surface area contributed by atoms with E-state index < -0.39 is 0 Å². The topological polar surface area (TPSA) is 18.5 Å². The van der Waals surface area contributed by atoms with Gasteiger partial charge in [-0.25, -0.2) is 0 Å². The summed E-state index contributed by atoms with van der Waals surface area (Å²) in [5.74, 6) is 0. The Bertz CT molecular complexity index is 106. The van der Waals surface area contributed by atoms with Crippen LogP contribution in [0.1, 0.15) is 20.3 Å². The van der Waals surface area contributed by atoms with Gasteiger partial charge >= 0.3 is 0 Å². The Hall–Kier alpha value is 0.140. The number of halogens is 1. The molecule has 0 aliphatic rings. The van der Waals surface area contributed by atoms with Crippen LogP contribution in [0.2, 0.25) is 0 Å². The molecule has 0 heterocycles. The van der Waals surface area contributed by atoms with Gasteiger partial charge in [0.25, 0.3) is 0 Å². The molecule has 0 aromatic rings. The van der Waals surface area contributed by atoms with Crippen molar-refractivity contribution in [3.05, 3.63) is 12.7 Å². The van der Waals surface area contributed by atoms with Crippen molar-refractivity contribution >= 4 is 15.9 Å². The first-order valence-electron chi connectivity index (χ1n) is 3.72. The summed E-state index contributed by atoms with van der Waals surface area (Å²) >= 11 is 3.34. The molecule has 0 fully saturated rings. The molecule has 0 saturated carbocycles. The zero-order valence-electron chi connectivity index (χ0n) is 7.05. The lowest BCUT2D eigenvalue weighted by molar-refractivity contribution is -0.133. The van der Waals surface area contributed by atoms with Gasteiger partial charge in [-0.15, -0.1) is 6.58 Å². The lowest BCUT2D eigenvalue weighted by atomic mass is 10.4. The number of rotatable bonds is 6. The van der Waals surface area contributed by atoms with Crippen molar-refractivity contribution in [1.29, 1.82) is 0 Å². The van der Waals surface area contributed by atoms with Crippen molar-refractivity contribution in [2.24, 2.45) is 0 Å². The van der Waals surface area contributed by atoms with Crippen LogP contribution < -0.4 is 0 Å². The third kappa shape index (κ3) is 6.53. The van der Waals surface area contributed by atoms with Gasteiger partial charge < -0.3 is 9.47 Å². The summed E-state index contributed by atoms with van der Waals surface area (Å²) in [6, 6.07) is 0. The van der Waals surface area contributed by atoms with E-state index in [-0.39, 0.29) is 11.3 Å². The van der Waals surface area contributed by atoms with E-state index in [0.717, 1.165) is 6.42 Å². The summed E-state index contributed by atoms with van der Waals surface area (Å²) in [5, 5.41) is 0.0153. The molecule has 0 spiro atoms. The second kappa shape index (κ2) is 6.83. The molecule has 66 valence electrons. The predicted octanol–water partition coefficient (Wildman–Crippen LogP) is 2.68. The van der Waals surface area contributed by atoms with Crippen LogP contribution in [0.5, 0.6) is 0 Å². The smallest absolute Gasteiger partial charge is 0.156 e. The lowest BCUT2D eigenvalue weighted by Crippen LogP contribution is -2.17. The van der Waals surface area contributed by atoms with Crippen molar-refractivity contribution in [3.63, 3.8) is 0 Å². The zero-order chi connectivity index (χ0) is 8.69. The molecule has 2 atom stereocenters. The van der Waals surface area contributed by atoms with Crippen molar-refractivity contribution in [1.82, 2.24) is 0 Å². The number of hydrogen-bond acceptors (Lipinski definition) is 2. The molecule has 3 heteroatoms. The van der Waals surface area contributed by atoms with Crippen LogP contribution in [0.4, 0.5) is 0 Å². The van der Waals surface area contributed by atoms with E-state index in [2.05, 4.69) is 22.5 Å². The molecule has 0 aliphatic heterocycles. The van der Waals surface area contributed by atoms with E-state index >= 15 is 0 Å². The largest absolute Gasteiger partial charge is 0.353 e. The van der Waals surface area contributed by atoms with Gasteiger partial charge in [0, 0.05) is 13.0 Å². The van der Waals surface area contributed by atoms with Crippen LogP contribution in [-0.4, -0.2) is 17.9 Å². The van der Waals surface area contributed by atoms with Gasteiger partial charge in [-0.05, 0) is 13.8 Å². The van der Waals surface area contributed by atoms with Gasteiger partial charge in [0.05, 0.1) is 0 Å². The molecule has 0 rings (SSSR count). The summed E-state index contributed by atoms with van der Waals surface area (Å²) < 4.78 is 10.5. The quantitative estimate of drug-likeness (QED) is 0.391. The number of hydrogen-bond donors (Lipinski definition) is 0. The first-order chi connectivity index (χ1) is 5.20. The van der Waals surface area contributed by atoms with Crippen LogP contribution in [0.25, 0.3) is 0 Å². The minimum atomic E-state index is -0.149. The van der Waals surface area contributed by atoms with Gasteiger partial charge in [-0.1, -0.05) is 22.0 Å². The van der Waals surface area contributed by atoms with Gasteiger partial charge in [-0.3, -0.25) is 0 Å². The molecule has 0 saturated heterocycles. The van der Waals surface area contributed by atoms with E-state index in [9.17, 15) is 0 Å². The third-order valence-electron chi connectivity index (χ3n) is 1.09. The Morgan fingerprint density at radius 1 is 1.64 bits per heavy atom. The molecule has 0 radical (unpaired) electrons. The van der Waals surface area contributed by atoms with Crippen molar-refractivity contribution < 1.29 is 9.47 Å². The van der Waals surface area contributed by atoms with Crippen molar-refractivity contribution in [3.8, 4) is 0 Å². The highest BCUT2D eigenvalue weighted by atomic mass is 79.9. The maximum absolute atomic E-state index is 5.35. The Morgan fingerprint density at radius 2 is 2.27 bits per heavy atom. The maximum Gasteiger partial charge on any atom is 0.156 e. The zero-order valence-corrected chi connectivity index (χ0v) is 8.63. The maximum atomic E-state index is 5.35. The first-order valence-corrected chi connectivity index (χ1v) is 4.64. The molecule has 0 aromatic heterocycles. The molecule has 2 unspecified atom stereocenters. The molecule has 2 nitrogen and oxygen atoms in total. The summed E-state index contributed by atoms with van der Waals surface area (Å²) in [6.07, 6.45) is 2.44. The molecule has 0 aliphatic carbocycles. The summed E-state index contributed by atoms with van der Waals surface area (Å²) in [5.41, 5.74) is 0. The Morgan fingerprint density at radius 3 is 2.73 bits per heavy atom. The monoisotopic (exact) mass is 222 g/mol. The highest BCUT2D eigenvalue weighted by Gasteiger charge is 2.06. The van der Waals surface area contributed by atoms with E-state index in [1.165, 1.54) is 0 Å². The Kier molecular flexibility index (Phi) is 6.91. The fraction of sp³-hybridized carbons (Fsp3) is 0.750. The van der Waals surface area contributed by atoms with Gasteiger partial charge in [-0.2, -0.15) is 0 Å². The highest BCUT2D eigenvalue weighted by molar-refractivity contribution is 9.09. The fourth-order valence-electron chi connectivity index (χ4n) is 0.669. The van der Waals surface area contributed by atoms with Crippen LogP contribution in [0.3, 0.4) is 0 Å². The van der Waals surface area contributed by atoms with Crippen LogP contribution >= 0.6 is 15.9 Å². The molecule has 11 heavy (non-hydrogen) atoms. The summed E-state index contributed by atoms with van der Waals surface area (Å²) in [6.45, 7) is 8.10.